The Bertz CT molecular complexity index is 667. The van der Waals surface area contributed by atoms with Crippen molar-refractivity contribution in [1.29, 1.82) is 0 Å². The Morgan fingerprint density at radius 3 is 2.73 bits per heavy atom. The van der Waals surface area contributed by atoms with E-state index in [1.165, 1.54) is 17.4 Å². The van der Waals surface area contributed by atoms with Crippen LogP contribution in [0.25, 0.3) is 0 Å². The zero-order chi connectivity index (χ0) is 16.3. The molecule has 1 aromatic heterocycles. The fraction of sp³-hybridized carbons (Fsp3) is 0.429. The van der Waals surface area contributed by atoms with Gasteiger partial charge in [-0.3, -0.25) is 10.1 Å². The first-order chi connectivity index (χ1) is 10.2. The fourth-order valence-electron chi connectivity index (χ4n) is 1.74. The summed E-state index contributed by atoms with van der Waals surface area (Å²) in [6.45, 7) is 8.19. The normalized spacial score (nSPS) is 12.9. The van der Waals surface area contributed by atoms with Crippen molar-refractivity contribution in [3.05, 3.63) is 39.9 Å². The molecule has 0 saturated carbocycles. The van der Waals surface area contributed by atoms with Gasteiger partial charge in [-0.25, -0.2) is 0 Å². The SMILES string of the molecule is C[C@H](Sc1nnc(NC(C)(C)C)s1)c1cccc([N+](=O)[O-])c1. The summed E-state index contributed by atoms with van der Waals surface area (Å²) in [5, 5.41) is 23.2. The number of non-ortho nitro benzene ring substituents is 1. The Morgan fingerprint density at radius 2 is 2.09 bits per heavy atom. The molecule has 118 valence electrons. The lowest BCUT2D eigenvalue weighted by Gasteiger charge is -2.18. The van der Waals surface area contributed by atoms with E-state index in [9.17, 15) is 10.1 Å². The molecule has 0 bridgehead atoms. The van der Waals surface area contributed by atoms with Crippen molar-refractivity contribution in [3.8, 4) is 0 Å². The van der Waals surface area contributed by atoms with Crippen molar-refractivity contribution in [2.75, 3.05) is 5.32 Å². The highest BCUT2D eigenvalue weighted by Crippen LogP contribution is 2.38. The molecule has 0 aliphatic heterocycles. The molecular weight excluding hydrogens is 320 g/mol. The predicted molar refractivity (Wildman–Crippen MR) is 90.7 cm³/mol. The first-order valence-electron chi connectivity index (χ1n) is 6.77. The Balaban J connectivity index is 2.07. The minimum Gasteiger partial charge on any atom is -0.355 e. The van der Waals surface area contributed by atoms with E-state index < -0.39 is 0 Å². The van der Waals surface area contributed by atoms with Gasteiger partial charge in [-0.2, -0.15) is 0 Å². The molecule has 2 aromatic rings. The quantitative estimate of drug-likeness (QED) is 0.491. The van der Waals surface area contributed by atoms with Gasteiger partial charge in [-0.15, -0.1) is 10.2 Å². The van der Waals surface area contributed by atoms with E-state index in [2.05, 4.69) is 36.3 Å². The number of anilines is 1. The lowest BCUT2D eigenvalue weighted by Crippen LogP contribution is -2.25. The molecule has 2 rings (SSSR count). The number of aromatic nitrogens is 2. The summed E-state index contributed by atoms with van der Waals surface area (Å²) in [4.78, 5) is 10.5. The van der Waals surface area contributed by atoms with Crippen LogP contribution < -0.4 is 5.32 Å². The highest BCUT2D eigenvalue weighted by atomic mass is 32.2. The van der Waals surface area contributed by atoms with Crippen LogP contribution in [0.1, 0.15) is 38.5 Å². The third kappa shape index (κ3) is 4.67. The highest BCUT2D eigenvalue weighted by Gasteiger charge is 2.16. The lowest BCUT2D eigenvalue weighted by atomic mass is 10.1. The Morgan fingerprint density at radius 1 is 1.36 bits per heavy atom. The van der Waals surface area contributed by atoms with Crippen molar-refractivity contribution < 1.29 is 4.92 Å². The third-order valence-corrected chi connectivity index (χ3v) is 4.80. The highest BCUT2D eigenvalue weighted by molar-refractivity contribution is 8.01. The van der Waals surface area contributed by atoms with Gasteiger partial charge in [0.2, 0.25) is 5.13 Å². The molecule has 1 N–H and O–H groups in total. The van der Waals surface area contributed by atoms with Crippen LogP contribution in [0, 0.1) is 10.1 Å². The van der Waals surface area contributed by atoms with E-state index in [1.807, 2.05) is 13.0 Å². The van der Waals surface area contributed by atoms with E-state index in [0.717, 1.165) is 15.0 Å². The molecule has 0 spiro atoms. The number of nitrogens with one attached hydrogen (secondary N) is 1. The summed E-state index contributed by atoms with van der Waals surface area (Å²) in [6.07, 6.45) is 0. The van der Waals surface area contributed by atoms with Crippen LogP contribution >= 0.6 is 23.1 Å². The molecule has 0 unspecified atom stereocenters. The van der Waals surface area contributed by atoms with E-state index in [4.69, 9.17) is 0 Å². The van der Waals surface area contributed by atoms with Gasteiger partial charge in [0.15, 0.2) is 4.34 Å². The summed E-state index contributed by atoms with van der Waals surface area (Å²) in [7, 11) is 0. The molecule has 8 heteroatoms. The van der Waals surface area contributed by atoms with E-state index >= 15 is 0 Å². The van der Waals surface area contributed by atoms with Gasteiger partial charge in [-0.1, -0.05) is 35.2 Å². The summed E-state index contributed by atoms with van der Waals surface area (Å²) in [5.41, 5.74) is 0.949. The van der Waals surface area contributed by atoms with E-state index in [0.29, 0.717) is 0 Å². The summed E-state index contributed by atoms with van der Waals surface area (Å²) in [5.74, 6) is 0. The average molecular weight is 338 g/mol. The lowest BCUT2D eigenvalue weighted by molar-refractivity contribution is -0.384. The Hall–Kier alpha value is -1.67. The van der Waals surface area contributed by atoms with Crippen molar-refractivity contribution in [3.63, 3.8) is 0 Å². The molecule has 1 aromatic carbocycles. The van der Waals surface area contributed by atoms with Gasteiger partial charge in [-0.05, 0) is 33.3 Å². The van der Waals surface area contributed by atoms with Gasteiger partial charge in [0.1, 0.15) is 0 Å². The summed E-state index contributed by atoms with van der Waals surface area (Å²) >= 11 is 3.04. The van der Waals surface area contributed by atoms with Gasteiger partial charge in [0.25, 0.3) is 5.69 Å². The van der Waals surface area contributed by atoms with Crippen LogP contribution in [0.15, 0.2) is 28.6 Å². The van der Waals surface area contributed by atoms with Gasteiger partial charge >= 0.3 is 0 Å². The maximum Gasteiger partial charge on any atom is 0.269 e. The summed E-state index contributed by atoms with van der Waals surface area (Å²) in [6, 6.07) is 6.70. The molecule has 22 heavy (non-hydrogen) atoms. The molecule has 0 aliphatic carbocycles. The average Bonchev–Trinajstić information content (AvgIpc) is 2.83. The third-order valence-electron chi connectivity index (χ3n) is 2.72. The predicted octanol–water partition coefficient (Wildman–Crippen LogP) is 4.51. The van der Waals surface area contributed by atoms with Crippen LogP contribution in [0.3, 0.4) is 0 Å². The molecule has 6 nitrogen and oxygen atoms in total. The first kappa shape index (κ1) is 16.7. The monoisotopic (exact) mass is 338 g/mol. The number of rotatable bonds is 5. The molecular formula is C14H18N4O2S2. The Labute approximate surface area is 137 Å². The van der Waals surface area contributed by atoms with Gasteiger partial charge in [0, 0.05) is 22.9 Å². The Kier molecular flexibility index (Phi) is 5.02. The number of hydrogen-bond acceptors (Lipinski definition) is 7. The van der Waals surface area contributed by atoms with Crippen LogP contribution in [-0.2, 0) is 0 Å². The van der Waals surface area contributed by atoms with Gasteiger partial charge in [0.05, 0.1) is 4.92 Å². The van der Waals surface area contributed by atoms with E-state index in [-0.39, 0.29) is 21.4 Å². The van der Waals surface area contributed by atoms with Crippen molar-refractivity contribution in [1.82, 2.24) is 10.2 Å². The summed E-state index contributed by atoms with van der Waals surface area (Å²) < 4.78 is 0.839. The smallest absolute Gasteiger partial charge is 0.269 e. The standard InChI is InChI=1S/C14H18N4O2S2/c1-9(10-6-5-7-11(8-10)18(19)20)21-13-17-16-12(22-13)15-14(2,3)4/h5-9H,1-4H3,(H,15,16)/t9-/m0/s1. The maximum absolute atomic E-state index is 10.8. The zero-order valence-corrected chi connectivity index (χ0v) is 14.5. The number of hydrogen-bond donors (Lipinski definition) is 1. The fourth-order valence-corrected chi connectivity index (χ4v) is 3.96. The van der Waals surface area contributed by atoms with Crippen LogP contribution in [-0.4, -0.2) is 20.7 Å². The van der Waals surface area contributed by atoms with E-state index in [1.54, 1.807) is 23.9 Å². The number of nitrogens with zero attached hydrogens (tertiary/aromatic N) is 3. The molecule has 0 saturated heterocycles. The van der Waals surface area contributed by atoms with Crippen molar-refractivity contribution in [2.24, 2.45) is 0 Å². The molecule has 0 radical (unpaired) electrons. The molecule has 0 amide bonds. The molecule has 1 atom stereocenters. The van der Waals surface area contributed by atoms with Crippen LogP contribution in [0.5, 0.6) is 0 Å². The zero-order valence-electron chi connectivity index (χ0n) is 12.9. The number of thioether (sulfide) groups is 1. The number of nitro benzene ring substituents is 1. The molecule has 0 fully saturated rings. The second kappa shape index (κ2) is 6.62. The largest absolute Gasteiger partial charge is 0.355 e. The second-order valence-electron chi connectivity index (χ2n) is 5.86. The minimum atomic E-state index is -0.378. The minimum absolute atomic E-state index is 0.0624. The topological polar surface area (TPSA) is 81.0 Å². The first-order valence-corrected chi connectivity index (χ1v) is 8.47. The van der Waals surface area contributed by atoms with Crippen LogP contribution in [0.2, 0.25) is 0 Å². The number of nitro groups is 1. The maximum atomic E-state index is 10.8. The van der Waals surface area contributed by atoms with Crippen molar-refractivity contribution >= 4 is 33.9 Å². The second-order valence-corrected chi connectivity index (χ2v) is 8.43. The van der Waals surface area contributed by atoms with Crippen LogP contribution in [0.4, 0.5) is 10.8 Å². The van der Waals surface area contributed by atoms with Crippen molar-refractivity contribution in [2.45, 2.75) is 42.8 Å². The van der Waals surface area contributed by atoms with Gasteiger partial charge < -0.3 is 5.32 Å². The number of benzene rings is 1. The molecule has 1 heterocycles. The molecule has 0 aliphatic rings.